The molecule has 0 fully saturated rings. The highest BCUT2D eigenvalue weighted by Gasteiger charge is 2.39. The number of Topliss-reactive ketones (excluding diaryl/α,β-unsaturated/α-hetero) is 1. The first kappa shape index (κ1) is 23.4. The molecule has 8 heteroatoms. The number of aromatic nitrogens is 1. The maximum Gasteiger partial charge on any atom is 0.454 e. The zero-order chi connectivity index (χ0) is 23.6. The highest BCUT2D eigenvalue weighted by atomic mass is 35.5. The van der Waals surface area contributed by atoms with Crippen LogP contribution in [0.1, 0.15) is 34.0 Å². The number of hydrogen-bond donors (Lipinski definition) is 0. The zero-order valence-corrected chi connectivity index (χ0v) is 19.1. The number of hydrogen-bond acceptors (Lipinski definition) is 4. The molecule has 33 heavy (non-hydrogen) atoms. The molecule has 1 aliphatic rings. The standard InChI is InChI=1S/C25H19ClF3NO2S/c1-15-14-33-23(17-9-18(12-30-11-17)24(31)25(27,28)29)22(15)20-10-19(26)7-8-21(20)32-13-16-5-3-2-4-6-16/h2-12,15H,13-14H2,1H3. The Balaban J connectivity index is 1.76. The van der Waals surface area contributed by atoms with Gasteiger partial charge in [0.2, 0.25) is 0 Å². The fraction of sp³-hybridized carbons (Fsp3) is 0.200. The molecule has 2 heterocycles. The molecule has 170 valence electrons. The van der Waals surface area contributed by atoms with Crippen LogP contribution < -0.4 is 4.74 Å². The molecular weight excluding hydrogens is 471 g/mol. The van der Waals surface area contributed by atoms with Crippen LogP contribution in [0.2, 0.25) is 5.02 Å². The van der Waals surface area contributed by atoms with Crippen molar-refractivity contribution in [3.05, 3.63) is 94.3 Å². The van der Waals surface area contributed by atoms with Gasteiger partial charge in [-0.05, 0) is 41.3 Å². The number of carbonyl (C=O) groups excluding carboxylic acids is 1. The second-order valence-electron chi connectivity index (χ2n) is 7.66. The number of alkyl halides is 3. The molecule has 0 saturated heterocycles. The number of allylic oxidation sites excluding steroid dienone is 1. The molecule has 0 aliphatic carbocycles. The van der Waals surface area contributed by atoms with Crippen LogP contribution in [0.15, 0.2) is 67.0 Å². The van der Waals surface area contributed by atoms with Crippen molar-refractivity contribution in [3.63, 3.8) is 0 Å². The van der Waals surface area contributed by atoms with Crippen LogP contribution in [-0.4, -0.2) is 22.7 Å². The van der Waals surface area contributed by atoms with E-state index in [-0.39, 0.29) is 5.92 Å². The molecule has 0 spiro atoms. The smallest absolute Gasteiger partial charge is 0.454 e. The van der Waals surface area contributed by atoms with Crippen molar-refractivity contribution in [1.82, 2.24) is 4.98 Å². The maximum atomic E-state index is 12.9. The average Bonchev–Trinajstić information content (AvgIpc) is 3.19. The lowest BCUT2D eigenvalue weighted by Crippen LogP contribution is -2.22. The van der Waals surface area contributed by atoms with Gasteiger partial charge in [-0.25, -0.2) is 0 Å². The number of thioether (sulfide) groups is 1. The molecule has 3 nitrogen and oxygen atoms in total. The molecule has 0 radical (unpaired) electrons. The van der Waals surface area contributed by atoms with Crippen LogP contribution in [0.3, 0.4) is 0 Å². The van der Waals surface area contributed by atoms with Crippen molar-refractivity contribution in [2.45, 2.75) is 19.7 Å². The van der Waals surface area contributed by atoms with Crippen molar-refractivity contribution >= 4 is 39.6 Å². The first-order valence-corrected chi connectivity index (χ1v) is 11.5. The summed E-state index contributed by atoms with van der Waals surface area (Å²) in [5.74, 6) is -0.470. The molecule has 1 aromatic heterocycles. The summed E-state index contributed by atoms with van der Waals surface area (Å²) < 4.78 is 44.9. The van der Waals surface area contributed by atoms with E-state index in [4.69, 9.17) is 16.3 Å². The number of benzene rings is 2. The maximum absolute atomic E-state index is 12.9. The molecule has 0 bridgehead atoms. The van der Waals surface area contributed by atoms with Gasteiger partial charge in [-0.2, -0.15) is 13.2 Å². The van der Waals surface area contributed by atoms with Crippen molar-refractivity contribution in [2.75, 3.05) is 5.75 Å². The summed E-state index contributed by atoms with van der Waals surface area (Å²) in [4.78, 5) is 16.4. The van der Waals surface area contributed by atoms with Crippen molar-refractivity contribution in [1.29, 1.82) is 0 Å². The number of rotatable bonds is 6. The predicted molar refractivity (Wildman–Crippen MR) is 125 cm³/mol. The van der Waals surface area contributed by atoms with Crippen LogP contribution >= 0.6 is 23.4 Å². The van der Waals surface area contributed by atoms with E-state index in [1.54, 1.807) is 18.2 Å². The van der Waals surface area contributed by atoms with E-state index in [0.29, 0.717) is 22.9 Å². The third-order valence-corrected chi connectivity index (χ3v) is 6.85. The van der Waals surface area contributed by atoms with Gasteiger partial charge in [0, 0.05) is 44.8 Å². The lowest BCUT2D eigenvalue weighted by molar-refractivity contribution is -0.0885. The lowest BCUT2D eigenvalue weighted by atomic mass is 9.92. The first-order valence-electron chi connectivity index (χ1n) is 10.1. The summed E-state index contributed by atoms with van der Waals surface area (Å²) in [6, 6.07) is 16.3. The third kappa shape index (κ3) is 5.25. The number of carbonyl (C=O) groups is 1. The Morgan fingerprint density at radius 2 is 1.91 bits per heavy atom. The Bertz CT molecular complexity index is 1210. The van der Waals surface area contributed by atoms with Crippen molar-refractivity contribution in [2.24, 2.45) is 5.92 Å². The molecule has 0 amide bonds. The van der Waals surface area contributed by atoms with Gasteiger partial charge in [0.1, 0.15) is 12.4 Å². The summed E-state index contributed by atoms with van der Waals surface area (Å²) in [6.07, 6.45) is -2.54. The molecule has 0 N–H and O–H groups in total. The monoisotopic (exact) mass is 489 g/mol. The van der Waals surface area contributed by atoms with E-state index < -0.39 is 17.5 Å². The van der Waals surface area contributed by atoms with Crippen molar-refractivity contribution in [3.8, 4) is 5.75 Å². The molecule has 1 unspecified atom stereocenters. The minimum atomic E-state index is -4.96. The van der Waals surface area contributed by atoms with Gasteiger partial charge in [0.25, 0.3) is 5.78 Å². The predicted octanol–water partition coefficient (Wildman–Crippen LogP) is 7.31. The Labute approximate surface area is 198 Å². The Morgan fingerprint density at radius 1 is 1.15 bits per heavy atom. The lowest BCUT2D eigenvalue weighted by Gasteiger charge is -2.17. The average molecular weight is 490 g/mol. The van der Waals surface area contributed by atoms with Gasteiger partial charge in [0.05, 0.1) is 0 Å². The van der Waals surface area contributed by atoms with E-state index >= 15 is 0 Å². The SMILES string of the molecule is CC1CSC(c2cncc(C(=O)C(F)(F)F)c2)=C1c1cc(Cl)ccc1OCc1ccccc1. The van der Waals surface area contributed by atoms with E-state index in [1.165, 1.54) is 24.0 Å². The van der Waals surface area contributed by atoms with Crippen LogP contribution in [-0.2, 0) is 6.61 Å². The van der Waals surface area contributed by atoms with Gasteiger partial charge in [-0.1, -0.05) is 48.9 Å². The number of nitrogens with zero attached hydrogens (tertiary/aromatic N) is 1. The minimum Gasteiger partial charge on any atom is -0.488 e. The summed E-state index contributed by atoms with van der Waals surface area (Å²) in [7, 11) is 0. The molecule has 4 rings (SSSR count). The van der Waals surface area contributed by atoms with Gasteiger partial charge < -0.3 is 4.74 Å². The highest BCUT2D eigenvalue weighted by molar-refractivity contribution is 8.09. The van der Waals surface area contributed by atoms with E-state index in [0.717, 1.165) is 33.6 Å². The van der Waals surface area contributed by atoms with Crippen LogP contribution in [0.25, 0.3) is 10.5 Å². The molecular formula is C25H19ClF3NO2S. The summed E-state index contributed by atoms with van der Waals surface area (Å²) in [5, 5.41) is 0.520. The second kappa shape index (κ2) is 9.61. The number of ketones is 1. The first-order chi connectivity index (χ1) is 15.7. The van der Waals surface area contributed by atoms with E-state index in [2.05, 4.69) is 4.98 Å². The Morgan fingerprint density at radius 3 is 2.64 bits per heavy atom. The fourth-order valence-electron chi connectivity index (χ4n) is 3.65. The van der Waals surface area contributed by atoms with Gasteiger partial charge in [-0.3, -0.25) is 9.78 Å². The fourth-order valence-corrected chi connectivity index (χ4v) is 5.15. The number of halogens is 4. The molecule has 0 saturated carbocycles. The third-order valence-electron chi connectivity index (χ3n) is 5.20. The molecule has 2 aromatic carbocycles. The molecule has 1 aliphatic heterocycles. The van der Waals surface area contributed by atoms with Crippen LogP contribution in [0.4, 0.5) is 13.2 Å². The van der Waals surface area contributed by atoms with Gasteiger partial charge in [0.15, 0.2) is 0 Å². The summed E-state index contributed by atoms with van der Waals surface area (Å²) in [5.41, 5.74) is 2.66. The number of ether oxygens (including phenoxy) is 1. The summed E-state index contributed by atoms with van der Waals surface area (Å²) >= 11 is 7.82. The quantitative estimate of drug-likeness (QED) is 0.340. The largest absolute Gasteiger partial charge is 0.488 e. The number of pyridine rings is 1. The van der Waals surface area contributed by atoms with E-state index in [9.17, 15) is 18.0 Å². The molecule has 3 aromatic rings. The van der Waals surface area contributed by atoms with Gasteiger partial charge >= 0.3 is 6.18 Å². The molecule has 1 atom stereocenters. The zero-order valence-electron chi connectivity index (χ0n) is 17.5. The summed E-state index contributed by atoms with van der Waals surface area (Å²) in [6.45, 7) is 2.39. The van der Waals surface area contributed by atoms with Crippen LogP contribution in [0, 0.1) is 5.92 Å². The van der Waals surface area contributed by atoms with Crippen molar-refractivity contribution < 1.29 is 22.7 Å². The highest BCUT2D eigenvalue weighted by Crippen LogP contribution is 2.49. The topological polar surface area (TPSA) is 39.2 Å². The minimum absolute atomic E-state index is 0.0875. The second-order valence-corrected chi connectivity index (χ2v) is 9.13. The Hall–Kier alpha value is -2.77. The van der Waals surface area contributed by atoms with Gasteiger partial charge in [-0.15, -0.1) is 11.8 Å². The normalized spacial score (nSPS) is 16.2. The van der Waals surface area contributed by atoms with E-state index in [1.807, 2.05) is 37.3 Å². The van der Waals surface area contributed by atoms with Crippen LogP contribution in [0.5, 0.6) is 5.75 Å². The Kier molecular flexibility index (Phi) is 6.81.